The number of imide groups is 1. The van der Waals surface area contributed by atoms with Crippen LogP contribution in [0, 0.1) is 5.92 Å². The molecule has 106 valence electrons. The van der Waals surface area contributed by atoms with Crippen LogP contribution in [-0.4, -0.2) is 18.0 Å². The van der Waals surface area contributed by atoms with Crippen LogP contribution in [-0.2, 0) is 4.79 Å². The van der Waals surface area contributed by atoms with Crippen molar-refractivity contribution in [3.63, 3.8) is 0 Å². The van der Waals surface area contributed by atoms with E-state index in [1.807, 2.05) is 0 Å². The first-order valence-electron chi connectivity index (χ1n) is 6.67. The van der Waals surface area contributed by atoms with E-state index in [1.165, 1.54) is 0 Å². The van der Waals surface area contributed by atoms with Crippen molar-refractivity contribution in [1.29, 1.82) is 0 Å². The van der Waals surface area contributed by atoms with Crippen molar-refractivity contribution >= 4 is 40.8 Å². The van der Waals surface area contributed by atoms with Crippen LogP contribution in [0.3, 0.4) is 0 Å². The first-order valence-corrected chi connectivity index (χ1v) is 7.43. The van der Waals surface area contributed by atoms with E-state index in [2.05, 4.69) is 5.32 Å². The number of fused-ring (bicyclic) bond motifs is 1. The van der Waals surface area contributed by atoms with Gasteiger partial charge in [-0.05, 0) is 31.0 Å². The van der Waals surface area contributed by atoms with E-state index < -0.39 is 6.03 Å². The molecule has 1 aliphatic heterocycles. The largest absolute Gasteiger partial charge is 0.334 e. The summed E-state index contributed by atoms with van der Waals surface area (Å²) in [7, 11) is 0. The van der Waals surface area contributed by atoms with Crippen molar-refractivity contribution < 1.29 is 9.59 Å². The number of rotatable bonds is 1. The predicted octanol–water partition coefficient (Wildman–Crippen LogP) is 3.61. The van der Waals surface area contributed by atoms with Gasteiger partial charge in [0.25, 0.3) is 0 Å². The molecule has 2 atom stereocenters. The maximum absolute atomic E-state index is 12.6. The molecule has 1 N–H and O–H groups in total. The minimum Gasteiger partial charge on any atom is -0.334 e. The van der Waals surface area contributed by atoms with Crippen LogP contribution in [0.2, 0.25) is 10.0 Å². The second-order valence-corrected chi connectivity index (χ2v) is 6.06. The lowest BCUT2D eigenvalue weighted by atomic mass is 9.82. The first-order chi connectivity index (χ1) is 9.58. The van der Waals surface area contributed by atoms with Crippen LogP contribution >= 0.6 is 23.2 Å². The summed E-state index contributed by atoms with van der Waals surface area (Å²) in [6.07, 6.45) is 3.73. The average Bonchev–Trinajstić information content (AvgIpc) is 2.42. The van der Waals surface area contributed by atoms with Crippen molar-refractivity contribution in [1.82, 2.24) is 5.32 Å². The second kappa shape index (κ2) is 5.26. The number of hydrogen-bond acceptors (Lipinski definition) is 2. The molecule has 1 saturated carbocycles. The number of anilines is 1. The van der Waals surface area contributed by atoms with E-state index in [1.54, 1.807) is 18.2 Å². The Morgan fingerprint density at radius 2 is 1.90 bits per heavy atom. The van der Waals surface area contributed by atoms with Crippen LogP contribution in [0.5, 0.6) is 0 Å². The minimum absolute atomic E-state index is 0.0436. The highest BCUT2D eigenvalue weighted by Gasteiger charge is 2.43. The summed E-state index contributed by atoms with van der Waals surface area (Å²) in [5, 5.41) is 3.69. The summed E-state index contributed by atoms with van der Waals surface area (Å²) >= 11 is 12.0. The lowest BCUT2D eigenvalue weighted by molar-refractivity contribution is -0.124. The van der Waals surface area contributed by atoms with Crippen LogP contribution < -0.4 is 10.2 Å². The standard InChI is InChI=1S/C14H14Cl2N2O2/c15-8-5-6-10(16)12(7-8)18-13(19)9-3-1-2-4-11(9)17-14(18)20/h5-7,9,11H,1-4H2,(H,17,20). The number of urea groups is 1. The Morgan fingerprint density at radius 3 is 2.70 bits per heavy atom. The molecule has 0 bridgehead atoms. The molecule has 0 radical (unpaired) electrons. The average molecular weight is 313 g/mol. The predicted molar refractivity (Wildman–Crippen MR) is 78.2 cm³/mol. The lowest BCUT2D eigenvalue weighted by Gasteiger charge is -2.40. The molecule has 4 nitrogen and oxygen atoms in total. The molecule has 1 saturated heterocycles. The number of benzene rings is 1. The normalized spacial score (nSPS) is 26.2. The van der Waals surface area contributed by atoms with Gasteiger partial charge in [0.05, 0.1) is 16.6 Å². The Balaban J connectivity index is 1.98. The van der Waals surface area contributed by atoms with Crippen molar-refractivity contribution in [3.05, 3.63) is 28.2 Å². The van der Waals surface area contributed by atoms with Crippen molar-refractivity contribution in [2.75, 3.05) is 4.90 Å². The number of nitrogens with zero attached hydrogens (tertiary/aromatic N) is 1. The summed E-state index contributed by atoms with van der Waals surface area (Å²) in [4.78, 5) is 25.9. The van der Waals surface area contributed by atoms with E-state index in [-0.39, 0.29) is 17.9 Å². The molecule has 2 fully saturated rings. The fourth-order valence-corrected chi connectivity index (χ4v) is 3.34. The summed E-state index contributed by atoms with van der Waals surface area (Å²) in [5.41, 5.74) is 0.352. The third kappa shape index (κ3) is 2.27. The van der Waals surface area contributed by atoms with Gasteiger partial charge in [-0.3, -0.25) is 4.79 Å². The molecular weight excluding hydrogens is 299 g/mol. The number of nitrogens with one attached hydrogen (secondary N) is 1. The molecule has 3 amide bonds. The topological polar surface area (TPSA) is 49.4 Å². The number of amides is 3. The Labute approximate surface area is 127 Å². The zero-order valence-electron chi connectivity index (χ0n) is 10.7. The van der Waals surface area contributed by atoms with Gasteiger partial charge in [-0.2, -0.15) is 0 Å². The molecule has 0 spiro atoms. The molecule has 1 heterocycles. The summed E-state index contributed by atoms with van der Waals surface area (Å²) < 4.78 is 0. The summed E-state index contributed by atoms with van der Waals surface area (Å²) in [6.45, 7) is 0. The second-order valence-electron chi connectivity index (χ2n) is 5.22. The Morgan fingerprint density at radius 1 is 1.15 bits per heavy atom. The third-order valence-corrected chi connectivity index (χ3v) is 4.52. The highest BCUT2D eigenvalue weighted by Crippen LogP contribution is 2.35. The molecule has 2 aliphatic rings. The van der Waals surface area contributed by atoms with Crippen LogP contribution in [0.4, 0.5) is 10.5 Å². The van der Waals surface area contributed by atoms with Crippen molar-refractivity contribution in [3.8, 4) is 0 Å². The van der Waals surface area contributed by atoms with Gasteiger partial charge >= 0.3 is 6.03 Å². The number of halogens is 2. The van der Waals surface area contributed by atoms with Gasteiger partial charge in [0.2, 0.25) is 5.91 Å². The smallest absolute Gasteiger partial charge is 0.329 e. The monoisotopic (exact) mass is 312 g/mol. The van der Waals surface area contributed by atoms with Crippen LogP contribution in [0.25, 0.3) is 0 Å². The summed E-state index contributed by atoms with van der Waals surface area (Å²) in [5.74, 6) is -0.334. The van der Waals surface area contributed by atoms with Gasteiger partial charge < -0.3 is 5.32 Å². The first kappa shape index (κ1) is 13.7. The molecule has 3 rings (SSSR count). The van der Waals surface area contributed by atoms with Gasteiger partial charge in [-0.15, -0.1) is 0 Å². The molecule has 1 aliphatic carbocycles. The Bertz CT molecular complexity index is 576. The molecule has 2 unspecified atom stereocenters. The maximum atomic E-state index is 12.6. The fraction of sp³-hybridized carbons (Fsp3) is 0.429. The van der Waals surface area contributed by atoms with Crippen molar-refractivity contribution in [2.24, 2.45) is 5.92 Å². The van der Waals surface area contributed by atoms with Crippen LogP contribution in [0.1, 0.15) is 25.7 Å². The summed E-state index contributed by atoms with van der Waals surface area (Å²) in [6, 6.07) is 4.31. The molecular formula is C14H14Cl2N2O2. The van der Waals surface area contributed by atoms with Crippen molar-refractivity contribution in [2.45, 2.75) is 31.7 Å². The molecule has 0 aromatic heterocycles. The number of carbonyl (C=O) groups is 2. The van der Waals surface area contributed by atoms with E-state index in [0.29, 0.717) is 15.7 Å². The van der Waals surface area contributed by atoms with Gasteiger partial charge in [-0.1, -0.05) is 36.0 Å². The SMILES string of the molecule is O=C1NC2CCCCC2C(=O)N1c1cc(Cl)ccc1Cl. The van der Waals surface area contributed by atoms with Gasteiger partial charge in [0.15, 0.2) is 0 Å². The van der Waals surface area contributed by atoms with E-state index in [4.69, 9.17) is 23.2 Å². The minimum atomic E-state index is -0.415. The highest BCUT2D eigenvalue weighted by molar-refractivity contribution is 6.37. The fourth-order valence-electron chi connectivity index (χ4n) is 2.97. The van der Waals surface area contributed by atoms with E-state index >= 15 is 0 Å². The zero-order chi connectivity index (χ0) is 14.3. The molecule has 20 heavy (non-hydrogen) atoms. The van der Waals surface area contributed by atoms with Gasteiger partial charge in [0.1, 0.15) is 0 Å². The Hall–Kier alpha value is -1.26. The van der Waals surface area contributed by atoms with Crippen LogP contribution in [0.15, 0.2) is 18.2 Å². The van der Waals surface area contributed by atoms with Gasteiger partial charge in [-0.25, -0.2) is 9.69 Å². The molecule has 1 aromatic carbocycles. The Kier molecular flexibility index (Phi) is 3.61. The van der Waals surface area contributed by atoms with E-state index in [0.717, 1.165) is 30.6 Å². The number of hydrogen-bond donors (Lipinski definition) is 1. The zero-order valence-corrected chi connectivity index (χ0v) is 12.2. The van der Waals surface area contributed by atoms with Gasteiger partial charge in [0, 0.05) is 11.1 Å². The maximum Gasteiger partial charge on any atom is 0.329 e. The molecule has 1 aromatic rings. The third-order valence-electron chi connectivity index (χ3n) is 3.96. The molecule has 6 heteroatoms. The quantitative estimate of drug-likeness (QED) is 0.861. The highest BCUT2D eigenvalue weighted by atomic mass is 35.5. The number of carbonyl (C=O) groups excluding carboxylic acids is 2. The van der Waals surface area contributed by atoms with E-state index in [9.17, 15) is 9.59 Å². The lowest BCUT2D eigenvalue weighted by Crippen LogP contribution is -2.61.